The quantitative estimate of drug-likeness (QED) is 0.599. The Bertz CT molecular complexity index is 464. The molecule has 98 valence electrons. The van der Waals surface area contributed by atoms with Gasteiger partial charge in [-0.3, -0.25) is 10.1 Å². The highest BCUT2D eigenvalue weighted by Gasteiger charge is 2.30. The van der Waals surface area contributed by atoms with Gasteiger partial charge in [0.1, 0.15) is 5.69 Å². The third-order valence-corrected chi connectivity index (χ3v) is 3.60. The molecule has 5 heteroatoms. The topological polar surface area (TPSA) is 46.4 Å². The summed E-state index contributed by atoms with van der Waals surface area (Å²) in [5, 5.41) is 11.0. The van der Waals surface area contributed by atoms with Gasteiger partial charge >= 0.3 is 5.69 Å². The van der Waals surface area contributed by atoms with Crippen LogP contribution in [0.3, 0.4) is 0 Å². The SMILES string of the molecule is CC1CCN(c2cccc(F)c2[N+](=O)[O-])C(C)C1. The minimum atomic E-state index is -0.761. The van der Waals surface area contributed by atoms with Crippen molar-refractivity contribution in [2.24, 2.45) is 5.92 Å². The molecule has 0 N–H and O–H groups in total. The van der Waals surface area contributed by atoms with Crippen molar-refractivity contribution in [3.05, 3.63) is 34.1 Å². The van der Waals surface area contributed by atoms with Crippen LogP contribution in [0.1, 0.15) is 26.7 Å². The number of anilines is 1. The lowest BCUT2D eigenvalue weighted by Crippen LogP contribution is -2.40. The molecule has 0 saturated carbocycles. The number of nitro groups is 1. The lowest BCUT2D eigenvalue weighted by Gasteiger charge is -2.37. The van der Waals surface area contributed by atoms with E-state index < -0.39 is 16.4 Å². The first-order valence-electron chi connectivity index (χ1n) is 6.20. The zero-order valence-electron chi connectivity index (χ0n) is 10.6. The Morgan fingerprint density at radius 1 is 1.44 bits per heavy atom. The maximum absolute atomic E-state index is 13.6. The van der Waals surface area contributed by atoms with Crippen molar-refractivity contribution in [3.63, 3.8) is 0 Å². The molecular weight excluding hydrogens is 235 g/mol. The number of para-hydroxylation sites is 1. The second kappa shape index (κ2) is 4.92. The van der Waals surface area contributed by atoms with Crippen LogP contribution >= 0.6 is 0 Å². The van der Waals surface area contributed by atoms with Crippen molar-refractivity contribution in [1.29, 1.82) is 0 Å². The van der Waals surface area contributed by atoms with Gasteiger partial charge in [-0.1, -0.05) is 13.0 Å². The summed E-state index contributed by atoms with van der Waals surface area (Å²) < 4.78 is 13.6. The third-order valence-electron chi connectivity index (χ3n) is 3.60. The zero-order valence-corrected chi connectivity index (χ0v) is 10.6. The van der Waals surface area contributed by atoms with Gasteiger partial charge in [-0.2, -0.15) is 4.39 Å². The number of hydrogen-bond acceptors (Lipinski definition) is 3. The highest BCUT2D eigenvalue weighted by molar-refractivity contribution is 5.64. The molecule has 2 unspecified atom stereocenters. The fourth-order valence-electron chi connectivity index (χ4n) is 2.68. The molecule has 0 radical (unpaired) electrons. The van der Waals surface area contributed by atoms with E-state index in [4.69, 9.17) is 0 Å². The van der Waals surface area contributed by atoms with E-state index in [2.05, 4.69) is 6.92 Å². The molecule has 0 amide bonds. The van der Waals surface area contributed by atoms with Crippen molar-refractivity contribution in [1.82, 2.24) is 0 Å². The number of piperidine rings is 1. The number of nitro benzene ring substituents is 1. The number of halogens is 1. The van der Waals surface area contributed by atoms with Crippen molar-refractivity contribution in [2.45, 2.75) is 32.7 Å². The Balaban J connectivity index is 2.39. The van der Waals surface area contributed by atoms with Crippen molar-refractivity contribution < 1.29 is 9.31 Å². The van der Waals surface area contributed by atoms with E-state index in [9.17, 15) is 14.5 Å². The zero-order chi connectivity index (χ0) is 13.3. The van der Waals surface area contributed by atoms with E-state index in [1.54, 1.807) is 6.07 Å². The van der Waals surface area contributed by atoms with Gasteiger partial charge in [0.25, 0.3) is 0 Å². The van der Waals surface area contributed by atoms with E-state index in [0.29, 0.717) is 11.6 Å². The van der Waals surface area contributed by atoms with E-state index in [1.807, 2.05) is 11.8 Å². The molecule has 1 aliphatic rings. The molecule has 1 saturated heterocycles. The van der Waals surface area contributed by atoms with Crippen LogP contribution in [0.15, 0.2) is 18.2 Å². The van der Waals surface area contributed by atoms with Crippen molar-refractivity contribution in [3.8, 4) is 0 Å². The van der Waals surface area contributed by atoms with Crippen LogP contribution in [-0.4, -0.2) is 17.5 Å². The van der Waals surface area contributed by atoms with Crippen LogP contribution in [-0.2, 0) is 0 Å². The predicted molar refractivity (Wildman–Crippen MR) is 68.3 cm³/mol. The smallest absolute Gasteiger partial charge is 0.327 e. The van der Waals surface area contributed by atoms with Gasteiger partial charge in [-0.15, -0.1) is 0 Å². The van der Waals surface area contributed by atoms with Gasteiger partial charge in [0.2, 0.25) is 5.82 Å². The summed E-state index contributed by atoms with van der Waals surface area (Å²) in [6, 6.07) is 4.50. The molecule has 1 heterocycles. The summed E-state index contributed by atoms with van der Waals surface area (Å²) in [6.07, 6.45) is 1.96. The summed E-state index contributed by atoms with van der Waals surface area (Å²) in [4.78, 5) is 12.3. The standard InChI is InChI=1S/C13H17FN2O2/c1-9-6-7-15(10(2)8-9)12-5-3-4-11(14)13(12)16(17)18/h3-5,9-10H,6-8H2,1-2H3. The normalized spacial score (nSPS) is 24.1. The van der Waals surface area contributed by atoms with Gasteiger partial charge in [-0.05, 0) is 37.8 Å². The highest BCUT2D eigenvalue weighted by atomic mass is 19.1. The first-order valence-corrected chi connectivity index (χ1v) is 6.20. The molecule has 1 aliphatic heterocycles. The van der Waals surface area contributed by atoms with E-state index >= 15 is 0 Å². The lowest BCUT2D eigenvalue weighted by molar-refractivity contribution is -0.386. The largest absolute Gasteiger partial charge is 0.363 e. The molecule has 1 fully saturated rings. The van der Waals surface area contributed by atoms with Crippen LogP contribution in [0.2, 0.25) is 0 Å². The van der Waals surface area contributed by atoms with Gasteiger partial charge < -0.3 is 4.90 Å². The van der Waals surface area contributed by atoms with Crippen LogP contribution in [0.25, 0.3) is 0 Å². The molecule has 2 atom stereocenters. The summed E-state index contributed by atoms with van der Waals surface area (Å²) in [6.45, 7) is 4.95. The van der Waals surface area contributed by atoms with Crippen LogP contribution in [0.5, 0.6) is 0 Å². The molecule has 2 rings (SSSR count). The average Bonchev–Trinajstić information content (AvgIpc) is 2.28. The Hall–Kier alpha value is -1.65. The highest BCUT2D eigenvalue weighted by Crippen LogP contribution is 2.35. The number of benzene rings is 1. The van der Waals surface area contributed by atoms with Crippen molar-refractivity contribution in [2.75, 3.05) is 11.4 Å². The number of rotatable bonds is 2. The van der Waals surface area contributed by atoms with Gasteiger partial charge in [0.15, 0.2) is 0 Å². The molecular formula is C13H17FN2O2. The summed E-state index contributed by atoms with van der Waals surface area (Å²) >= 11 is 0. The average molecular weight is 252 g/mol. The molecule has 0 aliphatic carbocycles. The summed E-state index contributed by atoms with van der Waals surface area (Å²) in [7, 11) is 0. The monoisotopic (exact) mass is 252 g/mol. The Labute approximate surface area is 106 Å². The molecule has 1 aromatic carbocycles. The number of nitrogens with zero attached hydrogens (tertiary/aromatic N) is 2. The fraction of sp³-hybridized carbons (Fsp3) is 0.538. The maximum atomic E-state index is 13.6. The van der Waals surface area contributed by atoms with Crippen LogP contribution < -0.4 is 4.90 Å². The Morgan fingerprint density at radius 2 is 2.17 bits per heavy atom. The minimum absolute atomic E-state index is 0.203. The second-order valence-electron chi connectivity index (χ2n) is 5.04. The first kappa shape index (κ1) is 12.8. The third kappa shape index (κ3) is 2.30. The van der Waals surface area contributed by atoms with E-state index in [1.165, 1.54) is 6.07 Å². The lowest BCUT2D eigenvalue weighted by atomic mass is 9.93. The van der Waals surface area contributed by atoms with Gasteiger partial charge in [0.05, 0.1) is 4.92 Å². The minimum Gasteiger partial charge on any atom is -0.363 e. The first-order chi connectivity index (χ1) is 8.50. The maximum Gasteiger partial charge on any atom is 0.327 e. The molecule has 18 heavy (non-hydrogen) atoms. The second-order valence-corrected chi connectivity index (χ2v) is 5.04. The Morgan fingerprint density at radius 3 is 2.78 bits per heavy atom. The fourth-order valence-corrected chi connectivity index (χ4v) is 2.68. The van der Waals surface area contributed by atoms with Crippen molar-refractivity contribution >= 4 is 11.4 Å². The molecule has 4 nitrogen and oxygen atoms in total. The molecule has 0 spiro atoms. The van der Waals surface area contributed by atoms with E-state index in [-0.39, 0.29) is 6.04 Å². The molecule has 1 aromatic rings. The van der Waals surface area contributed by atoms with E-state index in [0.717, 1.165) is 25.5 Å². The van der Waals surface area contributed by atoms with Crippen LogP contribution in [0.4, 0.5) is 15.8 Å². The molecule has 0 aromatic heterocycles. The van der Waals surface area contributed by atoms with Crippen LogP contribution in [0, 0.1) is 21.8 Å². The number of hydrogen-bond donors (Lipinski definition) is 0. The predicted octanol–water partition coefficient (Wildman–Crippen LogP) is 3.36. The summed E-state index contributed by atoms with van der Waals surface area (Å²) in [5.74, 6) is -0.146. The Kier molecular flexibility index (Phi) is 3.50. The van der Waals surface area contributed by atoms with Gasteiger partial charge in [0, 0.05) is 12.6 Å². The molecule has 0 bridgehead atoms. The van der Waals surface area contributed by atoms with Gasteiger partial charge in [-0.25, -0.2) is 0 Å². The summed E-state index contributed by atoms with van der Waals surface area (Å²) in [5.41, 5.74) is -0.00157.